The van der Waals surface area contributed by atoms with Crippen LogP contribution in [0.5, 0.6) is 0 Å². The summed E-state index contributed by atoms with van der Waals surface area (Å²) in [6.45, 7) is 0. The van der Waals surface area contributed by atoms with Crippen LogP contribution >= 0.6 is 22.6 Å². The van der Waals surface area contributed by atoms with E-state index in [1.54, 1.807) is 28.7 Å². The Morgan fingerprint density at radius 1 is 1.38 bits per heavy atom. The molecule has 0 bridgehead atoms. The largest absolute Gasteiger partial charge is 0.424 e. The van der Waals surface area contributed by atoms with Gasteiger partial charge in [-0.2, -0.15) is 18.4 Å². The fourth-order valence-electron chi connectivity index (χ4n) is 0.667. The van der Waals surface area contributed by atoms with Crippen molar-refractivity contribution in [2.45, 2.75) is 6.18 Å². The van der Waals surface area contributed by atoms with Gasteiger partial charge in [0.25, 0.3) is 0 Å². The highest BCUT2D eigenvalue weighted by Crippen LogP contribution is 2.28. The lowest BCUT2D eigenvalue weighted by Crippen LogP contribution is -2.04. The van der Waals surface area contributed by atoms with Crippen molar-refractivity contribution in [3.8, 4) is 6.07 Å². The van der Waals surface area contributed by atoms with Crippen LogP contribution < -0.4 is 0 Å². The Morgan fingerprint density at radius 2 is 2.00 bits per heavy atom. The normalized spacial score (nSPS) is 10.4. The van der Waals surface area contributed by atoms with Crippen molar-refractivity contribution in [3.63, 3.8) is 0 Å². The van der Waals surface area contributed by atoms with Gasteiger partial charge in [0.15, 0.2) is 0 Å². The molecule has 0 unspecified atom stereocenters. The highest BCUT2D eigenvalue weighted by atomic mass is 127. The summed E-state index contributed by atoms with van der Waals surface area (Å²) in [4.78, 5) is 0. The smallest absolute Gasteiger partial charge is 0.192 e. The van der Waals surface area contributed by atoms with Crippen LogP contribution in [-0.2, 0) is 6.18 Å². The molecule has 0 aliphatic rings. The second kappa shape index (κ2) is 3.43. The lowest BCUT2D eigenvalue weighted by molar-refractivity contribution is -0.137. The topological polar surface area (TPSA) is 23.8 Å². The molecule has 0 atom stereocenters. The summed E-state index contributed by atoms with van der Waals surface area (Å²) in [5.74, 6) is 0. The Bertz CT molecular complexity index is 365. The van der Waals surface area contributed by atoms with E-state index >= 15 is 0 Å². The summed E-state index contributed by atoms with van der Waals surface area (Å²) >= 11 is 1.73. The zero-order valence-electron chi connectivity index (χ0n) is 6.04. The average Bonchev–Trinajstić information content (AvgIpc) is 2.03. The average molecular weight is 295 g/mol. The van der Waals surface area contributed by atoms with Crippen molar-refractivity contribution in [2.24, 2.45) is 0 Å². The first-order chi connectivity index (χ1) is 5.95. The number of hydrogen-bond donors (Lipinski definition) is 0. The first kappa shape index (κ1) is 10.1. The van der Waals surface area contributed by atoms with Gasteiger partial charge in [-0.15, -0.1) is 0 Å². The number of alkyl halides is 3. The van der Waals surface area contributed by atoms with E-state index in [0.29, 0.717) is 3.57 Å². The van der Waals surface area contributed by atoms with Gasteiger partial charge in [0.05, 0.1) is 9.13 Å². The predicted octanol–water partition coefficient (Wildman–Crippen LogP) is 2.78. The Morgan fingerprint density at radius 3 is 2.46 bits per heavy atom. The van der Waals surface area contributed by atoms with Crippen molar-refractivity contribution in [1.29, 1.82) is 5.26 Å². The van der Waals surface area contributed by atoms with Gasteiger partial charge in [0.1, 0.15) is 11.6 Å². The molecule has 0 saturated heterocycles. The van der Waals surface area contributed by atoms with E-state index in [1.165, 1.54) is 0 Å². The number of halogens is 4. The summed E-state index contributed by atoms with van der Waals surface area (Å²) in [5.41, 5.74) is -1.00. The van der Waals surface area contributed by atoms with Crippen LogP contribution in [-0.4, -0.2) is 0 Å². The summed E-state index contributed by atoms with van der Waals surface area (Å²) in [7, 11) is 0. The molecule has 0 N–H and O–H groups in total. The zero-order valence-corrected chi connectivity index (χ0v) is 8.19. The maximum Gasteiger partial charge on any atom is 0.424 e. The van der Waals surface area contributed by atoms with Crippen LogP contribution in [0.15, 0.2) is 6.07 Å². The van der Waals surface area contributed by atoms with Crippen LogP contribution in [0.1, 0.15) is 11.1 Å². The Hall–Kier alpha value is -0.950. The molecule has 0 fully saturated rings. The van der Waals surface area contributed by atoms with Gasteiger partial charge in [-0.25, -0.2) is 0 Å². The number of rotatable bonds is 0. The quantitative estimate of drug-likeness (QED) is 0.675. The fourth-order valence-corrected chi connectivity index (χ4v) is 1.08. The summed E-state index contributed by atoms with van der Waals surface area (Å²) in [6, 6.07) is 6.60. The maximum atomic E-state index is 12.1. The molecule has 1 aromatic rings. The van der Waals surface area contributed by atoms with Gasteiger partial charge >= 0.3 is 6.18 Å². The third kappa shape index (κ3) is 2.25. The lowest BCUT2D eigenvalue weighted by atomic mass is 10.2. The molecule has 0 saturated carbocycles. The molecule has 0 spiro atoms. The van der Waals surface area contributed by atoms with Crippen molar-refractivity contribution < 1.29 is 13.2 Å². The molecule has 0 heterocycles. The van der Waals surface area contributed by atoms with E-state index in [-0.39, 0.29) is 5.56 Å². The zero-order chi connectivity index (χ0) is 10.1. The molecule has 0 radical (unpaired) electrons. The second-order valence-corrected chi connectivity index (χ2v) is 3.22. The van der Waals surface area contributed by atoms with Gasteiger partial charge in [-0.05, 0) is 28.7 Å². The SMILES string of the molecule is N#Cc1cc(C(F)(F)F)c#cc1I. The minimum Gasteiger partial charge on any atom is -0.192 e. The van der Waals surface area contributed by atoms with Gasteiger partial charge in [0.2, 0.25) is 0 Å². The van der Waals surface area contributed by atoms with E-state index in [0.717, 1.165) is 6.07 Å². The summed E-state index contributed by atoms with van der Waals surface area (Å²) in [6.07, 6.45) is -4.47. The van der Waals surface area contributed by atoms with Gasteiger partial charge in [0, 0.05) is 0 Å². The summed E-state index contributed by atoms with van der Waals surface area (Å²) < 4.78 is 36.6. The second-order valence-electron chi connectivity index (χ2n) is 2.15. The standard InChI is InChI=1S/C8HF3IN/c9-8(10,11)6-1-2-7(12)5(3-6)4-13/h3H. The molecular weight excluding hydrogens is 294 g/mol. The molecule has 1 nitrogen and oxygen atoms in total. The van der Waals surface area contributed by atoms with Crippen molar-refractivity contribution >= 4 is 22.6 Å². The minimum atomic E-state index is -4.47. The fraction of sp³-hybridized carbons (Fsp3) is 0.125. The van der Waals surface area contributed by atoms with Crippen molar-refractivity contribution in [1.82, 2.24) is 0 Å². The molecule has 0 aliphatic carbocycles. The first-order valence-electron chi connectivity index (χ1n) is 3.06. The van der Waals surface area contributed by atoms with E-state index < -0.39 is 11.7 Å². The maximum absolute atomic E-state index is 12.1. The Labute approximate surface area is 86.3 Å². The lowest BCUT2D eigenvalue weighted by Gasteiger charge is -2.02. The first-order valence-corrected chi connectivity index (χ1v) is 4.14. The number of nitrogens with zero attached hydrogens (tertiary/aromatic N) is 1. The molecule has 0 aliphatic heterocycles. The van der Waals surface area contributed by atoms with E-state index in [2.05, 4.69) is 6.07 Å². The monoisotopic (exact) mass is 295 g/mol. The number of nitriles is 1. The van der Waals surface area contributed by atoms with Crippen molar-refractivity contribution in [3.05, 3.63) is 32.9 Å². The molecular formula is C8HF3IN. The van der Waals surface area contributed by atoms with E-state index in [9.17, 15) is 13.2 Å². The van der Waals surface area contributed by atoms with Crippen LogP contribution in [0.4, 0.5) is 13.2 Å². The molecule has 1 rings (SSSR count). The molecule has 1 aromatic carbocycles. The highest BCUT2D eigenvalue weighted by molar-refractivity contribution is 14.1. The Kier molecular flexibility index (Phi) is 2.67. The summed E-state index contributed by atoms with van der Waals surface area (Å²) in [5, 5.41) is 8.45. The molecule has 0 aromatic heterocycles. The van der Waals surface area contributed by atoms with Crippen LogP contribution in [0.3, 0.4) is 0 Å². The van der Waals surface area contributed by atoms with Crippen molar-refractivity contribution in [2.75, 3.05) is 0 Å². The number of hydrogen-bond acceptors (Lipinski definition) is 1. The van der Waals surface area contributed by atoms with Crippen LogP contribution in [0.2, 0.25) is 0 Å². The molecule has 66 valence electrons. The molecule has 5 heteroatoms. The highest BCUT2D eigenvalue weighted by Gasteiger charge is 2.31. The van der Waals surface area contributed by atoms with Crippen LogP contribution in [0, 0.1) is 27.0 Å². The third-order valence-corrected chi connectivity index (χ3v) is 2.11. The van der Waals surface area contributed by atoms with Gasteiger partial charge in [-0.1, -0.05) is 12.1 Å². The third-order valence-electron chi connectivity index (χ3n) is 1.26. The molecule has 13 heavy (non-hydrogen) atoms. The van der Waals surface area contributed by atoms with Crippen LogP contribution in [0.25, 0.3) is 0 Å². The predicted molar refractivity (Wildman–Crippen MR) is 46.5 cm³/mol. The van der Waals surface area contributed by atoms with Gasteiger partial charge < -0.3 is 0 Å². The van der Waals surface area contributed by atoms with Gasteiger partial charge in [-0.3, -0.25) is 0 Å². The van der Waals surface area contributed by atoms with E-state index in [4.69, 9.17) is 5.26 Å². The minimum absolute atomic E-state index is 0.0355. The van der Waals surface area contributed by atoms with E-state index in [1.807, 2.05) is 6.07 Å². The molecule has 0 amide bonds. The Balaban J connectivity index is 3.24.